The second-order valence-corrected chi connectivity index (χ2v) is 8.05. The summed E-state index contributed by atoms with van der Waals surface area (Å²) >= 11 is 0. The smallest absolute Gasteiger partial charge is 0.410 e. The molecule has 1 aliphatic heterocycles. The number of methoxy groups -OCH3 is 3. The van der Waals surface area contributed by atoms with Gasteiger partial charge in [0.1, 0.15) is 6.61 Å². The van der Waals surface area contributed by atoms with Gasteiger partial charge in [-0.05, 0) is 11.5 Å². The van der Waals surface area contributed by atoms with E-state index in [0.29, 0.717) is 0 Å². The van der Waals surface area contributed by atoms with Crippen molar-refractivity contribution in [3.63, 3.8) is 0 Å². The fourth-order valence-corrected chi connectivity index (χ4v) is 5.06. The number of amides is 1. The third-order valence-electron chi connectivity index (χ3n) is 6.63. The van der Waals surface area contributed by atoms with E-state index in [1.165, 1.54) is 26.2 Å². The Bertz CT molecular complexity index is 822. The van der Waals surface area contributed by atoms with E-state index >= 15 is 0 Å². The van der Waals surface area contributed by atoms with Crippen LogP contribution in [0, 0.1) is 16.7 Å². The van der Waals surface area contributed by atoms with Gasteiger partial charge in [0.2, 0.25) is 0 Å². The summed E-state index contributed by atoms with van der Waals surface area (Å²) < 4.78 is 19.9. The molecule has 168 valence electrons. The van der Waals surface area contributed by atoms with Gasteiger partial charge in [0, 0.05) is 30.3 Å². The molecule has 0 radical (unpaired) electrons. The summed E-state index contributed by atoms with van der Waals surface area (Å²) in [6.45, 7) is 0.457. The highest BCUT2D eigenvalue weighted by molar-refractivity contribution is 5.79. The molecular formula is C22H27NO8. The Morgan fingerprint density at radius 2 is 1.39 bits per heavy atom. The van der Waals surface area contributed by atoms with E-state index in [2.05, 4.69) is 0 Å². The van der Waals surface area contributed by atoms with Crippen molar-refractivity contribution in [1.82, 2.24) is 4.90 Å². The van der Waals surface area contributed by atoms with Gasteiger partial charge in [-0.1, -0.05) is 30.3 Å². The minimum absolute atomic E-state index is 0.0232. The molecule has 2 aliphatic rings. The minimum atomic E-state index is -0.783. The molecule has 9 nitrogen and oxygen atoms in total. The van der Waals surface area contributed by atoms with Crippen molar-refractivity contribution in [3.05, 3.63) is 35.9 Å². The Labute approximate surface area is 180 Å². The lowest BCUT2D eigenvalue weighted by Crippen LogP contribution is -2.36. The molecule has 1 aromatic carbocycles. The lowest BCUT2D eigenvalue weighted by atomic mass is 9.90. The number of likely N-dealkylation sites (tertiary alicyclic amines) is 1. The average Bonchev–Trinajstić information content (AvgIpc) is 3.09. The summed E-state index contributed by atoms with van der Waals surface area (Å²) in [4.78, 5) is 50.6. The Kier molecular flexibility index (Phi) is 6.52. The number of benzene rings is 1. The Morgan fingerprint density at radius 1 is 0.871 bits per heavy atom. The highest BCUT2D eigenvalue weighted by Gasteiger charge is 2.81. The molecule has 1 aromatic rings. The molecule has 2 atom stereocenters. The molecule has 1 amide bonds. The van der Waals surface area contributed by atoms with Gasteiger partial charge in [0.25, 0.3) is 0 Å². The molecule has 0 spiro atoms. The number of nitrogens with zero attached hydrogens (tertiary/aromatic N) is 1. The number of esters is 3. The third-order valence-corrected chi connectivity index (χ3v) is 6.63. The highest BCUT2D eigenvalue weighted by atomic mass is 16.6. The van der Waals surface area contributed by atoms with Crippen molar-refractivity contribution < 1.29 is 38.1 Å². The number of rotatable bonds is 8. The molecule has 2 fully saturated rings. The normalized spacial score (nSPS) is 25.9. The van der Waals surface area contributed by atoms with Crippen LogP contribution in [0.3, 0.4) is 0 Å². The summed E-state index contributed by atoms with van der Waals surface area (Å²) in [6, 6.07) is 9.26. The van der Waals surface area contributed by atoms with Crippen molar-refractivity contribution in [2.75, 3.05) is 34.4 Å². The van der Waals surface area contributed by atoms with E-state index in [0.717, 1.165) is 5.56 Å². The number of piperidine rings is 1. The maximum atomic E-state index is 12.7. The Balaban J connectivity index is 1.81. The van der Waals surface area contributed by atoms with Crippen LogP contribution >= 0.6 is 0 Å². The van der Waals surface area contributed by atoms with Crippen LogP contribution in [0.2, 0.25) is 0 Å². The number of carbonyl (C=O) groups is 4. The zero-order valence-electron chi connectivity index (χ0n) is 17.9. The molecule has 1 saturated heterocycles. The average molecular weight is 433 g/mol. The molecule has 0 N–H and O–H groups in total. The van der Waals surface area contributed by atoms with Crippen LogP contribution in [-0.4, -0.2) is 63.3 Å². The molecule has 0 aromatic heterocycles. The lowest BCUT2D eigenvalue weighted by molar-refractivity contribution is -0.144. The number of hydrogen-bond acceptors (Lipinski definition) is 8. The molecule has 1 saturated carbocycles. The van der Waals surface area contributed by atoms with Gasteiger partial charge < -0.3 is 23.8 Å². The van der Waals surface area contributed by atoms with Crippen molar-refractivity contribution in [1.29, 1.82) is 0 Å². The lowest BCUT2D eigenvalue weighted by Gasteiger charge is -2.24. The fourth-order valence-electron chi connectivity index (χ4n) is 5.06. The summed E-state index contributed by atoms with van der Waals surface area (Å²) in [5.41, 5.74) is -0.722. The molecule has 9 heteroatoms. The van der Waals surface area contributed by atoms with E-state index in [4.69, 9.17) is 18.9 Å². The first kappa shape index (κ1) is 22.6. The number of ether oxygens (including phenoxy) is 4. The van der Waals surface area contributed by atoms with Gasteiger partial charge >= 0.3 is 24.0 Å². The summed E-state index contributed by atoms with van der Waals surface area (Å²) in [5.74, 6) is -1.70. The number of fused-ring (bicyclic) bond motifs is 1. The van der Waals surface area contributed by atoms with Crippen LogP contribution in [-0.2, 0) is 39.9 Å². The minimum Gasteiger partial charge on any atom is -0.469 e. The maximum Gasteiger partial charge on any atom is 0.410 e. The zero-order valence-corrected chi connectivity index (χ0v) is 17.9. The van der Waals surface area contributed by atoms with E-state index in [1.807, 2.05) is 30.3 Å². The van der Waals surface area contributed by atoms with Crippen molar-refractivity contribution in [3.8, 4) is 0 Å². The fraction of sp³-hybridized carbons (Fsp3) is 0.545. The zero-order chi connectivity index (χ0) is 22.6. The van der Waals surface area contributed by atoms with E-state index in [-0.39, 0.29) is 44.9 Å². The van der Waals surface area contributed by atoms with Crippen LogP contribution < -0.4 is 0 Å². The second kappa shape index (κ2) is 8.95. The van der Waals surface area contributed by atoms with Crippen LogP contribution in [0.5, 0.6) is 0 Å². The Hall–Kier alpha value is -3.10. The predicted molar refractivity (Wildman–Crippen MR) is 106 cm³/mol. The SMILES string of the molecule is COC(=O)CC1C2(CC(=O)OC)CN(C(=O)OCc3ccccc3)CC12CC(=O)OC. The first-order valence-corrected chi connectivity index (χ1v) is 9.98. The number of carbonyl (C=O) groups excluding carboxylic acids is 4. The molecule has 1 heterocycles. The molecule has 0 bridgehead atoms. The predicted octanol–water partition coefficient (Wildman–Crippen LogP) is 1.93. The van der Waals surface area contributed by atoms with Gasteiger partial charge in [0.05, 0.1) is 34.2 Å². The topological polar surface area (TPSA) is 108 Å². The molecule has 31 heavy (non-hydrogen) atoms. The van der Waals surface area contributed by atoms with Gasteiger partial charge in [-0.15, -0.1) is 0 Å². The quantitative estimate of drug-likeness (QED) is 0.452. The Morgan fingerprint density at radius 3 is 1.87 bits per heavy atom. The van der Waals surface area contributed by atoms with Gasteiger partial charge in [0.15, 0.2) is 0 Å². The first-order valence-electron chi connectivity index (χ1n) is 9.98. The van der Waals surface area contributed by atoms with Crippen LogP contribution in [0.25, 0.3) is 0 Å². The van der Waals surface area contributed by atoms with E-state index < -0.39 is 34.8 Å². The van der Waals surface area contributed by atoms with Crippen molar-refractivity contribution in [2.45, 2.75) is 25.9 Å². The third kappa shape index (κ3) is 4.22. The van der Waals surface area contributed by atoms with Crippen LogP contribution in [0.1, 0.15) is 24.8 Å². The van der Waals surface area contributed by atoms with Crippen molar-refractivity contribution >= 4 is 24.0 Å². The van der Waals surface area contributed by atoms with E-state index in [9.17, 15) is 19.2 Å². The highest BCUT2D eigenvalue weighted by Crippen LogP contribution is 2.77. The number of hydrogen-bond donors (Lipinski definition) is 0. The van der Waals surface area contributed by atoms with Gasteiger partial charge in [-0.3, -0.25) is 14.4 Å². The van der Waals surface area contributed by atoms with Crippen molar-refractivity contribution in [2.24, 2.45) is 16.7 Å². The summed E-state index contributed by atoms with van der Waals surface area (Å²) in [5, 5.41) is 0. The van der Waals surface area contributed by atoms with Crippen LogP contribution in [0.4, 0.5) is 4.79 Å². The second-order valence-electron chi connectivity index (χ2n) is 8.05. The van der Waals surface area contributed by atoms with Gasteiger partial charge in [-0.25, -0.2) is 4.79 Å². The maximum absolute atomic E-state index is 12.7. The molecule has 2 unspecified atom stereocenters. The summed E-state index contributed by atoms with van der Waals surface area (Å²) in [6.07, 6.45) is -0.548. The van der Waals surface area contributed by atoms with Crippen LogP contribution in [0.15, 0.2) is 30.3 Å². The molecule has 1 aliphatic carbocycles. The van der Waals surface area contributed by atoms with Gasteiger partial charge in [-0.2, -0.15) is 0 Å². The molecular weight excluding hydrogens is 406 g/mol. The standard InChI is InChI=1S/C22H27NO8/c1-28-17(24)9-16-21(10-18(25)29-2)13-23(14-22(16,21)11-19(26)30-3)20(27)31-12-15-7-5-4-6-8-15/h4-8,16H,9-14H2,1-3H3. The summed E-state index contributed by atoms with van der Waals surface area (Å²) in [7, 11) is 3.84. The first-order chi connectivity index (χ1) is 14.8. The molecule has 3 rings (SSSR count). The largest absolute Gasteiger partial charge is 0.469 e. The van der Waals surface area contributed by atoms with E-state index in [1.54, 1.807) is 0 Å². The monoisotopic (exact) mass is 433 g/mol.